The average molecular weight is 500 g/mol. The summed E-state index contributed by atoms with van der Waals surface area (Å²) in [5.41, 5.74) is 2.62. The average Bonchev–Trinajstić information content (AvgIpc) is 3.13. The summed E-state index contributed by atoms with van der Waals surface area (Å²) in [5, 5.41) is 11.4. The zero-order chi connectivity index (χ0) is 26.9. The zero-order valence-corrected chi connectivity index (χ0v) is 22.1. The standard InChI is InChI=1S/C31H33NO5/c1-19(2)37-23-17-11-20(12-18-23)28(33)26-27(24-9-7-8-10-25(24)36-6)32(30(35)29(26)34)22-15-13-21(14-16-22)31(3,4)5/h7-19,27,33H,1-6H3/b28-26+. The van der Waals surface area contributed by atoms with Crippen LogP contribution in [-0.2, 0) is 15.0 Å². The molecule has 0 radical (unpaired) electrons. The van der Waals surface area contributed by atoms with Crippen LogP contribution >= 0.6 is 0 Å². The maximum atomic E-state index is 13.5. The Hall–Kier alpha value is -4.06. The topological polar surface area (TPSA) is 76.1 Å². The highest BCUT2D eigenvalue weighted by Crippen LogP contribution is 2.45. The van der Waals surface area contributed by atoms with Crippen LogP contribution in [0, 0.1) is 0 Å². The Labute approximate surface area is 218 Å². The van der Waals surface area contributed by atoms with Gasteiger partial charge in [0, 0.05) is 16.8 Å². The molecule has 1 aliphatic rings. The Kier molecular flexibility index (Phi) is 7.12. The summed E-state index contributed by atoms with van der Waals surface area (Å²) in [7, 11) is 1.54. The number of aliphatic hydroxyl groups excluding tert-OH is 1. The van der Waals surface area contributed by atoms with Crippen molar-refractivity contribution >= 4 is 23.1 Å². The second-order valence-corrected chi connectivity index (χ2v) is 10.4. The molecule has 0 bridgehead atoms. The monoisotopic (exact) mass is 499 g/mol. The fraction of sp³-hybridized carbons (Fsp3) is 0.290. The van der Waals surface area contributed by atoms with Crippen molar-refractivity contribution in [3.05, 3.63) is 95.1 Å². The van der Waals surface area contributed by atoms with Crippen molar-refractivity contribution in [3.63, 3.8) is 0 Å². The SMILES string of the molecule is COc1ccccc1C1/C(=C(\O)c2ccc(OC(C)C)cc2)C(=O)C(=O)N1c1ccc(C(C)(C)C)cc1. The zero-order valence-electron chi connectivity index (χ0n) is 22.1. The molecule has 0 aliphatic carbocycles. The molecular formula is C31H33NO5. The minimum absolute atomic E-state index is 0.0000105. The number of amides is 1. The van der Waals surface area contributed by atoms with E-state index < -0.39 is 17.7 Å². The maximum Gasteiger partial charge on any atom is 0.300 e. The van der Waals surface area contributed by atoms with Gasteiger partial charge >= 0.3 is 0 Å². The number of benzene rings is 3. The first-order valence-electron chi connectivity index (χ1n) is 12.3. The van der Waals surface area contributed by atoms with Crippen LogP contribution in [0.25, 0.3) is 5.76 Å². The van der Waals surface area contributed by atoms with Gasteiger partial charge in [0.1, 0.15) is 17.3 Å². The lowest BCUT2D eigenvalue weighted by molar-refractivity contribution is -0.132. The smallest absolute Gasteiger partial charge is 0.300 e. The molecule has 1 amide bonds. The first-order valence-corrected chi connectivity index (χ1v) is 12.3. The number of aliphatic hydroxyl groups is 1. The molecular weight excluding hydrogens is 466 g/mol. The number of ketones is 1. The van der Waals surface area contributed by atoms with Crippen LogP contribution in [-0.4, -0.2) is 30.0 Å². The number of rotatable bonds is 6. The molecule has 3 aromatic rings. The number of Topliss-reactive ketones (excluding diaryl/α,β-unsaturated/α-hetero) is 1. The predicted octanol–water partition coefficient (Wildman–Crippen LogP) is 6.41. The number of para-hydroxylation sites is 1. The normalized spacial score (nSPS) is 17.4. The van der Waals surface area contributed by atoms with Gasteiger partial charge in [-0.2, -0.15) is 0 Å². The first kappa shape index (κ1) is 26.0. The van der Waals surface area contributed by atoms with Crippen molar-refractivity contribution in [1.29, 1.82) is 0 Å². The number of carbonyl (C=O) groups excluding carboxylic acids is 2. The Morgan fingerprint density at radius 1 is 0.919 bits per heavy atom. The van der Waals surface area contributed by atoms with Crippen LogP contribution in [0.3, 0.4) is 0 Å². The molecule has 1 atom stereocenters. The van der Waals surface area contributed by atoms with E-state index in [1.807, 2.05) is 50.2 Å². The number of carbonyl (C=O) groups is 2. The molecule has 6 nitrogen and oxygen atoms in total. The Morgan fingerprint density at radius 3 is 2.11 bits per heavy atom. The van der Waals surface area contributed by atoms with E-state index in [0.717, 1.165) is 5.56 Å². The second kappa shape index (κ2) is 10.1. The van der Waals surface area contributed by atoms with Crippen LogP contribution in [0.1, 0.15) is 57.4 Å². The van der Waals surface area contributed by atoms with Gasteiger partial charge in [-0.15, -0.1) is 0 Å². The molecule has 0 spiro atoms. The van der Waals surface area contributed by atoms with E-state index in [9.17, 15) is 14.7 Å². The summed E-state index contributed by atoms with van der Waals surface area (Å²) >= 11 is 0. The molecule has 1 heterocycles. The third kappa shape index (κ3) is 5.10. The molecule has 3 aromatic carbocycles. The van der Waals surface area contributed by atoms with Gasteiger partial charge in [0.05, 0.1) is 24.8 Å². The first-order chi connectivity index (χ1) is 17.5. The number of hydrogen-bond acceptors (Lipinski definition) is 5. The summed E-state index contributed by atoms with van der Waals surface area (Å²) in [6, 6.07) is 20.8. The van der Waals surface area contributed by atoms with Crippen molar-refractivity contribution in [1.82, 2.24) is 0 Å². The van der Waals surface area contributed by atoms with Crippen LogP contribution < -0.4 is 14.4 Å². The number of anilines is 1. The summed E-state index contributed by atoms with van der Waals surface area (Å²) in [6.45, 7) is 10.2. The van der Waals surface area contributed by atoms with E-state index in [0.29, 0.717) is 28.3 Å². The molecule has 4 rings (SSSR count). The fourth-order valence-electron chi connectivity index (χ4n) is 4.53. The van der Waals surface area contributed by atoms with Gasteiger partial charge in [0.2, 0.25) is 0 Å². The Morgan fingerprint density at radius 2 is 1.54 bits per heavy atom. The van der Waals surface area contributed by atoms with E-state index in [-0.39, 0.29) is 22.9 Å². The van der Waals surface area contributed by atoms with Gasteiger partial charge in [-0.25, -0.2) is 0 Å². The lowest BCUT2D eigenvalue weighted by Gasteiger charge is -2.27. The molecule has 1 N–H and O–H groups in total. The van der Waals surface area contributed by atoms with E-state index >= 15 is 0 Å². The maximum absolute atomic E-state index is 13.5. The molecule has 1 saturated heterocycles. The molecule has 37 heavy (non-hydrogen) atoms. The predicted molar refractivity (Wildman–Crippen MR) is 145 cm³/mol. The summed E-state index contributed by atoms with van der Waals surface area (Å²) in [4.78, 5) is 28.4. The lowest BCUT2D eigenvalue weighted by atomic mass is 9.87. The highest BCUT2D eigenvalue weighted by Gasteiger charge is 2.48. The van der Waals surface area contributed by atoms with Crippen LogP contribution in [0.2, 0.25) is 0 Å². The summed E-state index contributed by atoms with van der Waals surface area (Å²) in [6.07, 6.45) is -0.0000105. The minimum Gasteiger partial charge on any atom is -0.507 e. The fourth-order valence-corrected chi connectivity index (χ4v) is 4.53. The Bertz CT molecular complexity index is 1330. The van der Waals surface area contributed by atoms with E-state index in [1.54, 1.807) is 36.4 Å². The molecule has 1 fully saturated rings. The van der Waals surface area contributed by atoms with E-state index in [1.165, 1.54) is 12.0 Å². The largest absolute Gasteiger partial charge is 0.507 e. The number of methoxy groups -OCH3 is 1. The quantitative estimate of drug-likeness (QED) is 0.241. The molecule has 6 heteroatoms. The van der Waals surface area contributed by atoms with Gasteiger partial charge in [-0.05, 0) is 67.3 Å². The van der Waals surface area contributed by atoms with Crippen molar-refractivity contribution < 1.29 is 24.2 Å². The van der Waals surface area contributed by atoms with E-state index in [4.69, 9.17) is 9.47 Å². The van der Waals surface area contributed by atoms with Crippen LogP contribution in [0.5, 0.6) is 11.5 Å². The van der Waals surface area contributed by atoms with Gasteiger partial charge in [-0.1, -0.05) is 51.1 Å². The summed E-state index contributed by atoms with van der Waals surface area (Å²) < 4.78 is 11.3. The van der Waals surface area contributed by atoms with Crippen molar-refractivity contribution in [3.8, 4) is 11.5 Å². The Balaban J connectivity index is 1.88. The van der Waals surface area contributed by atoms with Crippen LogP contribution in [0.4, 0.5) is 5.69 Å². The summed E-state index contributed by atoms with van der Waals surface area (Å²) in [5.74, 6) is -0.555. The molecule has 192 valence electrons. The number of nitrogens with zero attached hydrogens (tertiary/aromatic N) is 1. The van der Waals surface area contributed by atoms with E-state index in [2.05, 4.69) is 20.8 Å². The van der Waals surface area contributed by atoms with Crippen molar-refractivity contribution in [2.75, 3.05) is 12.0 Å². The van der Waals surface area contributed by atoms with Crippen LogP contribution in [0.15, 0.2) is 78.4 Å². The third-order valence-electron chi connectivity index (χ3n) is 6.39. The molecule has 1 unspecified atom stereocenters. The highest BCUT2D eigenvalue weighted by atomic mass is 16.5. The minimum atomic E-state index is -0.872. The molecule has 0 saturated carbocycles. The van der Waals surface area contributed by atoms with Crippen molar-refractivity contribution in [2.24, 2.45) is 0 Å². The third-order valence-corrected chi connectivity index (χ3v) is 6.39. The molecule has 1 aliphatic heterocycles. The van der Waals surface area contributed by atoms with Gasteiger partial charge in [0.15, 0.2) is 0 Å². The lowest BCUT2D eigenvalue weighted by Crippen LogP contribution is -2.29. The molecule has 0 aromatic heterocycles. The number of hydrogen-bond donors (Lipinski definition) is 1. The van der Waals surface area contributed by atoms with Crippen molar-refractivity contribution in [2.45, 2.75) is 52.2 Å². The second-order valence-electron chi connectivity index (χ2n) is 10.4. The number of ether oxygens (including phenoxy) is 2. The van der Waals surface area contributed by atoms with Gasteiger partial charge in [-0.3, -0.25) is 14.5 Å². The highest BCUT2D eigenvalue weighted by molar-refractivity contribution is 6.51. The van der Waals surface area contributed by atoms with Gasteiger partial charge in [0.25, 0.3) is 11.7 Å². The van der Waals surface area contributed by atoms with Gasteiger partial charge < -0.3 is 14.6 Å².